The topological polar surface area (TPSA) is 93.0 Å². The van der Waals surface area contributed by atoms with Crippen LogP contribution in [0.3, 0.4) is 0 Å². The summed E-state index contributed by atoms with van der Waals surface area (Å²) in [5.41, 5.74) is 7.06. The van der Waals surface area contributed by atoms with Crippen molar-refractivity contribution in [1.29, 1.82) is 0 Å². The fraction of sp³-hybridized carbons (Fsp3) is 0.405. The highest BCUT2D eigenvalue weighted by Crippen LogP contribution is 2.39. The fourth-order valence-corrected chi connectivity index (χ4v) is 6.89. The van der Waals surface area contributed by atoms with Gasteiger partial charge < -0.3 is 24.0 Å². The smallest absolute Gasteiger partial charge is 0.257 e. The van der Waals surface area contributed by atoms with E-state index >= 15 is 0 Å². The Morgan fingerprint density at radius 2 is 1.46 bits per heavy atom. The largest absolute Gasteiger partial charge is 0.493 e. The number of fused-ring (bicyclic) bond motifs is 5. The predicted octanol–water partition coefficient (Wildman–Crippen LogP) is 6.54. The number of unbranched alkanes of at least 4 members (excludes halogenated alkanes) is 2. The lowest BCUT2D eigenvalue weighted by Crippen LogP contribution is -2.44. The summed E-state index contributed by atoms with van der Waals surface area (Å²) in [6.45, 7) is 6.47. The van der Waals surface area contributed by atoms with Gasteiger partial charge in [-0.05, 0) is 81.2 Å². The average Bonchev–Trinajstić information content (AvgIpc) is 3.44. The van der Waals surface area contributed by atoms with Crippen LogP contribution in [0.2, 0.25) is 0 Å². The van der Waals surface area contributed by atoms with Gasteiger partial charge in [-0.3, -0.25) is 19.6 Å². The van der Waals surface area contributed by atoms with E-state index in [1.54, 1.807) is 13.2 Å². The van der Waals surface area contributed by atoms with Gasteiger partial charge in [-0.15, -0.1) is 0 Å². The number of amides is 2. The summed E-state index contributed by atoms with van der Waals surface area (Å²) in [7, 11) is 1.59. The van der Waals surface area contributed by atoms with Crippen LogP contribution in [0.15, 0.2) is 52.4 Å². The Bertz CT molecular complexity index is 1750. The van der Waals surface area contributed by atoms with Crippen molar-refractivity contribution >= 4 is 35.6 Å². The zero-order chi connectivity index (χ0) is 31.8. The van der Waals surface area contributed by atoms with E-state index in [0.717, 1.165) is 56.4 Å². The molecule has 9 heteroatoms. The number of hydrogen-bond donors (Lipinski definition) is 0. The van der Waals surface area contributed by atoms with Crippen LogP contribution in [0.25, 0.3) is 0 Å². The first-order chi connectivity index (χ1) is 22.4. The lowest BCUT2D eigenvalue weighted by molar-refractivity contribution is 0.0702. The summed E-state index contributed by atoms with van der Waals surface area (Å²) >= 11 is 0. The minimum Gasteiger partial charge on any atom is -0.493 e. The summed E-state index contributed by atoms with van der Waals surface area (Å²) in [5, 5.41) is 0. The highest BCUT2D eigenvalue weighted by molar-refractivity contribution is 6.04. The second kappa shape index (κ2) is 12.6. The van der Waals surface area contributed by atoms with Crippen molar-refractivity contribution in [2.45, 2.75) is 71.0 Å². The Balaban J connectivity index is 0.932. The molecule has 0 spiro atoms. The molecule has 0 N–H and O–H groups in total. The maximum absolute atomic E-state index is 13.7. The van der Waals surface area contributed by atoms with Crippen LogP contribution in [0.5, 0.6) is 17.2 Å². The molecule has 238 valence electrons. The maximum atomic E-state index is 13.7. The molecule has 7 rings (SSSR count). The molecule has 0 bridgehead atoms. The third kappa shape index (κ3) is 5.74. The van der Waals surface area contributed by atoms with E-state index in [2.05, 4.69) is 30.1 Å². The first-order valence-electron chi connectivity index (χ1n) is 16.3. The zero-order valence-corrected chi connectivity index (χ0v) is 26.8. The van der Waals surface area contributed by atoms with E-state index < -0.39 is 0 Å². The number of aryl methyl sites for hydroxylation is 2. The molecule has 3 aromatic rings. The van der Waals surface area contributed by atoms with Gasteiger partial charge in [0.25, 0.3) is 11.8 Å². The van der Waals surface area contributed by atoms with Crippen molar-refractivity contribution in [2.24, 2.45) is 9.98 Å². The van der Waals surface area contributed by atoms with Gasteiger partial charge in [0.05, 0.1) is 54.9 Å². The van der Waals surface area contributed by atoms with Gasteiger partial charge in [0, 0.05) is 37.7 Å². The second-order valence-electron chi connectivity index (χ2n) is 12.7. The lowest BCUT2D eigenvalue weighted by atomic mass is 9.93. The number of ether oxygens (including phenoxy) is 3. The molecule has 1 saturated heterocycles. The van der Waals surface area contributed by atoms with Gasteiger partial charge in [0.1, 0.15) is 5.75 Å². The number of nitrogens with zero attached hydrogens (tertiary/aromatic N) is 4. The molecule has 0 radical (unpaired) electrons. The number of hydrogen-bond acceptors (Lipinski definition) is 7. The summed E-state index contributed by atoms with van der Waals surface area (Å²) in [5.74, 6) is 1.89. The molecular weight excluding hydrogens is 580 g/mol. The maximum Gasteiger partial charge on any atom is 0.257 e. The quantitative estimate of drug-likeness (QED) is 0.253. The van der Waals surface area contributed by atoms with Gasteiger partial charge >= 0.3 is 0 Å². The van der Waals surface area contributed by atoms with E-state index in [-0.39, 0.29) is 23.9 Å². The van der Waals surface area contributed by atoms with Crippen molar-refractivity contribution in [1.82, 2.24) is 9.80 Å². The fourth-order valence-electron chi connectivity index (χ4n) is 6.89. The molecule has 2 atom stereocenters. The van der Waals surface area contributed by atoms with Crippen LogP contribution in [0, 0.1) is 13.8 Å². The standard InChI is InChI=1S/C37H40N4O5/c1-23-9-10-25-16-28-21-39-32-19-35(34(44-3)17-30(32)37(43)41(28)22-26(25)14-23)46-13-6-4-5-12-45-33-18-31-29(15-24(33)2)36(42)40-11-7-8-27(40)20-38-31/h9-10,14-15,17-21,27-28H,4-8,11-13,16,22H2,1-3H3/t27-,28-/m0/s1. The molecule has 3 aromatic carbocycles. The molecule has 0 saturated carbocycles. The summed E-state index contributed by atoms with van der Waals surface area (Å²) < 4.78 is 17.9. The third-order valence-electron chi connectivity index (χ3n) is 9.46. The normalized spacial score (nSPS) is 19.5. The molecule has 4 aliphatic rings. The first kappa shape index (κ1) is 30.0. The van der Waals surface area contributed by atoms with Gasteiger partial charge in [-0.25, -0.2) is 0 Å². The zero-order valence-electron chi connectivity index (χ0n) is 26.8. The first-order valence-corrected chi connectivity index (χ1v) is 16.3. The lowest BCUT2D eigenvalue weighted by Gasteiger charge is -2.34. The van der Waals surface area contributed by atoms with Gasteiger partial charge in [0.2, 0.25) is 0 Å². The van der Waals surface area contributed by atoms with E-state index in [0.29, 0.717) is 53.8 Å². The molecule has 2 amide bonds. The highest BCUT2D eigenvalue weighted by atomic mass is 16.5. The molecule has 46 heavy (non-hydrogen) atoms. The molecule has 0 aliphatic carbocycles. The van der Waals surface area contributed by atoms with Crippen molar-refractivity contribution in [3.63, 3.8) is 0 Å². The number of carbonyl (C=O) groups is 2. The van der Waals surface area contributed by atoms with Crippen molar-refractivity contribution in [3.05, 3.63) is 75.8 Å². The van der Waals surface area contributed by atoms with Crippen molar-refractivity contribution in [3.8, 4) is 17.2 Å². The van der Waals surface area contributed by atoms with Gasteiger partial charge in [-0.1, -0.05) is 23.8 Å². The molecule has 4 aliphatic heterocycles. The second-order valence-corrected chi connectivity index (χ2v) is 12.7. The molecule has 1 fully saturated rings. The highest BCUT2D eigenvalue weighted by Gasteiger charge is 2.34. The summed E-state index contributed by atoms with van der Waals surface area (Å²) in [6.07, 6.45) is 9.14. The number of benzene rings is 3. The minimum atomic E-state index is -0.0878. The molecule has 0 aromatic heterocycles. The van der Waals surface area contributed by atoms with E-state index in [1.807, 2.05) is 47.4 Å². The van der Waals surface area contributed by atoms with Crippen LogP contribution < -0.4 is 14.2 Å². The summed E-state index contributed by atoms with van der Waals surface area (Å²) in [4.78, 5) is 39.9. The number of aliphatic imine (C=N–C) groups is 2. The SMILES string of the molecule is COc1cc2c(cc1OCCCCCOc1cc3c(cc1C)C(=O)N1CCC[C@H]1C=N3)N=C[C@@H]1Cc3ccc(C)cc3CN1C2=O. The van der Waals surface area contributed by atoms with Gasteiger partial charge in [0.15, 0.2) is 11.5 Å². The van der Waals surface area contributed by atoms with Crippen LogP contribution in [-0.4, -0.2) is 73.0 Å². The Morgan fingerprint density at radius 3 is 2.24 bits per heavy atom. The van der Waals surface area contributed by atoms with Crippen molar-refractivity contribution in [2.75, 3.05) is 26.9 Å². The van der Waals surface area contributed by atoms with Crippen LogP contribution in [-0.2, 0) is 13.0 Å². The van der Waals surface area contributed by atoms with Crippen LogP contribution in [0.4, 0.5) is 11.4 Å². The Morgan fingerprint density at radius 1 is 0.761 bits per heavy atom. The number of methoxy groups -OCH3 is 1. The van der Waals surface area contributed by atoms with Gasteiger partial charge in [-0.2, -0.15) is 0 Å². The van der Waals surface area contributed by atoms with E-state index in [4.69, 9.17) is 19.2 Å². The van der Waals surface area contributed by atoms with E-state index in [1.165, 1.54) is 16.7 Å². The molecule has 0 unspecified atom stereocenters. The average molecular weight is 621 g/mol. The molecule has 9 nitrogen and oxygen atoms in total. The van der Waals surface area contributed by atoms with Crippen LogP contribution in [0.1, 0.15) is 75.1 Å². The predicted molar refractivity (Wildman–Crippen MR) is 178 cm³/mol. The molecule has 4 heterocycles. The molecular formula is C37H40N4O5. The minimum absolute atomic E-state index is 0.0436. The Kier molecular flexibility index (Phi) is 8.23. The number of rotatable bonds is 9. The van der Waals surface area contributed by atoms with Crippen LogP contribution >= 0.6 is 0 Å². The third-order valence-corrected chi connectivity index (χ3v) is 9.46. The van der Waals surface area contributed by atoms with E-state index in [9.17, 15) is 9.59 Å². The Labute approximate surface area is 269 Å². The monoisotopic (exact) mass is 620 g/mol. The summed E-state index contributed by atoms with van der Waals surface area (Å²) in [6, 6.07) is 13.9. The Hall–Kier alpha value is -4.66. The van der Waals surface area contributed by atoms with Crippen molar-refractivity contribution < 1.29 is 23.8 Å². The number of carbonyl (C=O) groups excluding carboxylic acids is 2.